The molecule has 0 amide bonds. The number of aryl methyl sites for hydroxylation is 1. The van der Waals surface area contributed by atoms with Crippen LogP contribution in [-0.2, 0) is 13.0 Å². The van der Waals surface area contributed by atoms with E-state index in [4.69, 9.17) is 0 Å². The Kier molecular flexibility index (Phi) is 2.69. The normalized spacial score (nSPS) is 19.6. The third-order valence-electron chi connectivity index (χ3n) is 4.11. The summed E-state index contributed by atoms with van der Waals surface area (Å²) >= 11 is 0. The van der Waals surface area contributed by atoms with Crippen LogP contribution in [-0.4, -0.2) is 5.96 Å². The molecule has 0 bridgehead atoms. The first-order valence-electron chi connectivity index (χ1n) is 7.15. The Balaban J connectivity index is 1.58. The van der Waals surface area contributed by atoms with Gasteiger partial charge in [-0.3, -0.25) is 0 Å². The van der Waals surface area contributed by atoms with Crippen molar-refractivity contribution in [1.82, 2.24) is 10.6 Å². The van der Waals surface area contributed by atoms with Crippen molar-refractivity contribution in [2.24, 2.45) is 4.99 Å². The van der Waals surface area contributed by atoms with Gasteiger partial charge in [0.2, 0.25) is 0 Å². The van der Waals surface area contributed by atoms with Crippen LogP contribution in [0.15, 0.2) is 53.5 Å². The fourth-order valence-corrected chi connectivity index (χ4v) is 3.06. The van der Waals surface area contributed by atoms with E-state index in [1.54, 1.807) is 0 Å². The Morgan fingerprint density at radius 2 is 1.80 bits per heavy atom. The van der Waals surface area contributed by atoms with Gasteiger partial charge < -0.3 is 10.6 Å². The minimum atomic E-state index is 0.378. The standard InChI is InChI=1S/C17H17N3/c1-3-7-14-12(5-1)9-10-16(14)20-17-18-11-13-6-2-4-8-15(13)19-17/h1-8,16H,9-11H2,(H2,18,19,20). The minimum absolute atomic E-state index is 0.378. The van der Waals surface area contributed by atoms with Crippen LogP contribution in [0.4, 0.5) is 5.69 Å². The molecule has 100 valence electrons. The summed E-state index contributed by atoms with van der Waals surface area (Å²) in [5.74, 6) is 0.894. The fourth-order valence-electron chi connectivity index (χ4n) is 3.06. The summed E-state index contributed by atoms with van der Waals surface area (Å²) in [6.45, 7) is 0.844. The van der Waals surface area contributed by atoms with Crippen molar-refractivity contribution in [3.8, 4) is 0 Å². The molecule has 0 saturated carbocycles. The van der Waals surface area contributed by atoms with Gasteiger partial charge in [0.15, 0.2) is 5.96 Å². The molecular weight excluding hydrogens is 246 g/mol. The van der Waals surface area contributed by atoms with Crippen LogP contribution in [0, 0.1) is 0 Å². The lowest BCUT2D eigenvalue weighted by Gasteiger charge is -2.22. The van der Waals surface area contributed by atoms with Gasteiger partial charge in [0.25, 0.3) is 0 Å². The summed E-state index contributed by atoms with van der Waals surface area (Å²) in [5, 5.41) is 6.93. The maximum absolute atomic E-state index is 4.68. The van der Waals surface area contributed by atoms with E-state index >= 15 is 0 Å². The maximum atomic E-state index is 4.68. The van der Waals surface area contributed by atoms with Crippen LogP contribution in [0.1, 0.15) is 29.2 Å². The second kappa shape index (κ2) is 4.67. The number of guanidine groups is 1. The maximum Gasteiger partial charge on any atom is 0.197 e. The number of para-hydroxylation sites is 1. The summed E-state index contributed by atoms with van der Waals surface area (Å²) in [4.78, 5) is 4.68. The third-order valence-corrected chi connectivity index (χ3v) is 4.11. The van der Waals surface area contributed by atoms with Gasteiger partial charge in [0.05, 0.1) is 11.7 Å². The lowest BCUT2D eigenvalue weighted by molar-refractivity contribution is 0.620. The van der Waals surface area contributed by atoms with Crippen molar-refractivity contribution in [2.75, 3.05) is 0 Å². The van der Waals surface area contributed by atoms with Crippen LogP contribution >= 0.6 is 0 Å². The SMILES string of the molecule is c1ccc2c(c1)CNC(NC1CCc3ccccc31)=N2. The number of hydrogen-bond acceptors (Lipinski definition) is 3. The van der Waals surface area contributed by atoms with Crippen molar-refractivity contribution >= 4 is 11.6 Å². The quantitative estimate of drug-likeness (QED) is 0.829. The zero-order valence-electron chi connectivity index (χ0n) is 11.3. The van der Waals surface area contributed by atoms with Gasteiger partial charge in [0.1, 0.15) is 0 Å². The van der Waals surface area contributed by atoms with E-state index < -0.39 is 0 Å². The highest BCUT2D eigenvalue weighted by atomic mass is 15.2. The highest BCUT2D eigenvalue weighted by Crippen LogP contribution is 2.31. The average Bonchev–Trinajstić information content (AvgIpc) is 2.91. The Morgan fingerprint density at radius 1 is 1.00 bits per heavy atom. The molecule has 3 nitrogen and oxygen atoms in total. The molecule has 1 unspecified atom stereocenters. The van der Waals surface area contributed by atoms with E-state index in [2.05, 4.69) is 58.1 Å². The van der Waals surface area contributed by atoms with Gasteiger partial charge in [-0.05, 0) is 35.6 Å². The molecule has 1 atom stereocenters. The number of fused-ring (bicyclic) bond motifs is 2. The van der Waals surface area contributed by atoms with E-state index in [-0.39, 0.29) is 0 Å². The Bertz CT molecular complexity index is 675. The summed E-state index contributed by atoms with van der Waals surface area (Å²) in [7, 11) is 0. The molecule has 0 aromatic heterocycles. The first-order chi connectivity index (χ1) is 9.90. The number of nitrogens with one attached hydrogen (secondary N) is 2. The van der Waals surface area contributed by atoms with Crippen molar-refractivity contribution in [2.45, 2.75) is 25.4 Å². The van der Waals surface area contributed by atoms with E-state index in [9.17, 15) is 0 Å². The molecule has 3 heteroatoms. The molecule has 1 aliphatic carbocycles. The van der Waals surface area contributed by atoms with Crippen molar-refractivity contribution in [1.29, 1.82) is 0 Å². The van der Waals surface area contributed by atoms with Crippen molar-refractivity contribution in [3.63, 3.8) is 0 Å². The first-order valence-corrected chi connectivity index (χ1v) is 7.15. The molecule has 2 aromatic carbocycles. The Labute approximate surface area is 118 Å². The largest absolute Gasteiger partial charge is 0.352 e. The smallest absolute Gasteiger partial charge is 0.197 e. The predicted octanol–water partition coefficient (Wildman–Crippen LogP) is 3.05. The second-order valence-electron chi connectivity index (χ2n) is 5.38. The second-order valence-corrected chi connectivity index (χ2v) is 5.38. The van der Waals surface area contributed by atoms with Crippen LogP contribution < -0.4 is 10.6 Å². The number of aliphatic imine (C=N–C) groups is 1. The average molecular weight is 263 g/mol. The lowest BCUT2D eigenvalue weighted by atomic mass is 10.1. The highest BCUT2D eigenvalue weighted by molar-refractivity contribution is 5.85. The van der Waals surface area contributed by atoms with Gasteiger partial charge in [-0.1, -0.05) is 42.5 Å². The summed E-state index contributed by atoms with van der Waals surface area (Å²) in [6.07, 6.45) is 2.29. The molecule has 0 spiro atoms. The number of rotatable bonds is 1. The molecule has 0 radical (unpaired) electrons. The Morgan fingerprint density at radius 3 is 2.75 bits per heavy atom. The zero-order valence-corrected chi connectivity index (χ0v) is 11.3. The molecule has 4 rings (SSSR count). The van der Waals surface area contributed by atoms with Gasteiger partial charge >= 0.3 is 0 Å². The number of benzene rings is 2. The van der Waals surface area contributed by atoms with Gasteiger partial charge in [-0.2, -0.15) is 0 Å². The summed E-state index contributed by atoms with van der Waals surface area (Å²) in [6, 6.07) is 17.3. The van der Waals surface area contributed by atoms with Crippen molar-refractivity contribution < 1.29 is 0 Å². The van der Waals surface area contributed by atoms with Gasteiger partial charge in [-0.15, -0.1) is 0 Å². The molecule has 0 fully saturated rings. The van der Waals surface area contributed by atoms with Crippen LogP contribution in [0.2, 0.25) is 0 Å². The summed E-state index contributed by atoms with van der Waals surface area (Å²) in [5.41, 5.74) is 5.20. The van der Waals surface area contributed by atoms with Crippen LogP contribution in [0.3, 0.4) is 0 Å². The van der Waals surface area contributed by atoms with Gasteiger partial charge in [-0.25, -0.2) is 4.99 Å². The summed E-state index contributed by atoms with van der Waals surface area (Å²) < 4.78 is 0. The van der Waals surface area contributed by atoms with E-state index in [0.717, 1.165) is 31.0 Å². The number of nitrogens with zero attached hydrogens (tertiary/aromatic N) is 1. The predicted molar refractivity (Wildman–Crippen MR) is 81.0 cm³/mol. The molecule has 1 aliphatic heterocycles. The van der Waals surface area contributed by atoms with Crippen LogP contribution in [0.5, 0.6) is 0 Å². The van der Waals surface area contributed by atoms with Crippen LogP contribution in [0.25, 0.3) is 0 Å². The first kappa shape index (κ1) is 11.5. The molecular formula is C17H17N3. The Hall–Kier alpha value is -2.29. The van der Waals surface area contributed by atoms with E-state index in [1.807, 2.05) is 6.07 Å². The van der Waals surface area contributed by atoms with E-state index in [0.29, 0.717) is 6.04 Å². The lowest BCUT2D eigenvalue weighted by Crippen LogP contribution is -2.40. The highest BCUT2D eigenvalue weighted by Gasteiger charge is 2.23. The molecule has 20 heavy (non-hydrogen) atoms. The molecule has 2 N–H and O–H groups in total. The van der Waals surface area contributed by atoms with Gasteiger partial charge in [0, 0.05) is 6.54 Å². The van der Waals surface area contributed by atoms with E-state index in [1.165, 1.54) is 16.7 Å². The zero-order chi connectivity index (χ0) is 13.4. The minimum Gasteiger partial charge on any atom is -0.352 e. The molecule has 2 aliphatic rings. The third kappa shape index (κ3) is 1.95. The number of hydrogen-bond donors (Lipinski definition) is 2. The molecule has 1 heterocycles. The monoisotopic (exact) mass is 263 g/mol. The molecule has 0 saturated heterocycles. The van der Waals surface area contributed by atoms with Crippen molar-refractivity contribution in [3.05, 3.63) is 65.2 Å². The fraction of sp³-hybridized carbons (Fsp3) is 0.235. The topological polar surface area (TPSA) is 36.4 Å². The molecule has 2 aromatic rings.